The Labute approximate surface area is 130 Å². The molecule has 0 bridgehead atoms. The minimum atomic E-state index is -2.96. The molecule has 0 aliphatic carbocycles. The van der Waals surface area contributed by atoms with Gasteiger partial charge in [-0.25, -0.2) is 8.42 Å². The first kappa shape index (κ1) is 17.5. The highest BCUT2D eigenvalue weighted by molar-refractivity contribution is 9.10. The van der Waals surface area contributed by atoms with Crippen LogP contribution in [0.3, 0.4) is 0 Å². The summed E-state index contributed by atoms with van der Waals surface area (Å²) in [6.07, 6.45) is 2.20. The molecule has 0 radical (unpaired) electrons. The summed E-state index contributed by atoms with van der Waals surface area (Å²) in [6, 6.07) is 5.76. The number of nitrogens with one attached hydrogen (secondary N) is 1. The van der Waals surface area contributed by atoms with E-state index in [4.69, 9.17) is 4.74 Å². The van der Waals surface area contributed by atoms with Gasteiger partial charge < -0.3 is 10.1 Å². The molecule has 4 nitrogen and oxygen atoms in total. The zero-order chi connectivity index (χ0) is 15.2. The van der Waals surface area contributed by atoms with Crippen molar-refractivity contribution in [2.45, 2.75) is 32.9 Å². The molecule has 0 saturated heterocycles. The van der Waals surface area contributed by atoms with E-state index in [1.54, 1.807) is 0 Å². The summed E-state index contributed by atoms with van der Waals surface area (Å²) in [5.41, 5.74) is 1.02. The number of sulfone groups is 1. The molecular weight excluding hydrogens is 342 g/mol. The van der Waals surface area contributed by atoms with E-state index in [-0.39, 0.29) is 11.8 Å². The fourth-order valence-electron chi connectivity index (χ4n) is 1.84. The normalized spacial score (nSPS) is 13.2. The molecule has 114 valence electrons. The predicted octanol–water partition coefficient (Wildman–Crippen LogP) is 2.76. The molecule has 1 aromatic carbocycles. The minimum absolute atomic E-state index is 0.0944. The summed E-state index contributed by atoms with van der Waals surface area (Å²) in [6.45, 7) is 5.18. The largest absolute Gasteiger partial charge is 0.493 e. The topological polar surface area (TPSA) is 55.4 Å². The SMILES string of the molecule is CCCOc1ccc(Br)cc1CNC(C)CS(C)(=O)=O. The summed E-state index contributed by atoms with van der Waals surface area (Å²) in [7, 11) is -2.96. The van der Waals surface area contributed by atoms with Gasteiger partial charge >= 0.3 is 0 Å². The molecule has 1 atom stereocenters. The molecule has 0 saturated carbocycles. The Morgan fingerprint density at radius 1 is 1.40 bits per heavy atom. The van der Waals surface area contributed by atoms with Crippen molar-refractivity contribution in [2.75, 3.05) is 18.6 Å². The molecule has 0 spiro atoms. The molecular formula is C14H22BrNO3S. The van der Waals surface area contributed by atoms with Crippen molar-refractivity contribution < 1.29 is 13.2 Å². The third kappa shape index (κ3) is 6.72. The lowest BCUT2D eigenvalue weighted by molar-refractivity contribution is 0.313. The van der Waals surface area contributed by atoms with Gasteiger partial charge in [-0.15, -0.1) is 0 Å². The summed E-state index contributed by atoms with van der Waals surface area (Å²) < 4.78 is 29.2. The molecule has 1 rings (SSSR count). The fraction of sp³-hybridized carbons (Fsp3) is 0.571. The Bertz CT molecular complexity index is 531. The lowest BCUT2D eigenvalue weighted by atomic mass is 10.2. The van der Waals surface area contributed by atoms with Gasteiger partial charge in [-0.2, -0.15) is 0 Å². The second-order valence-corrected chi connectivity index (χ2v) is 8.08. The second kappa shape index (κ2) is 8.00. The molecule has 1 N–H and O–H groups in total. The number of rotatable bonds is 8. The molecule has 0 heterocycles. The third-order valence-corrected chi connectivity index (χ3v) is 4.28. The maximum absolute atomic E-state index is 11.2. The quantitative estimate of drug-likeness (QED) is 0.771. The second-order valence-electron chi connectivity index (χ2n) is 4.97. The average molecular weight is 364 g/mol. The Morgan fingerprint density at radius 2 is 2.10 bits per heavy atom. The molecule has 0 aliphatic heterocycles. The highest BCUT2D eigenvalue weighted by atomic mass is 79.9. The number of hydrogen-bond acceptors (Lipinski definition) is 4. The number of benzene rings is 1. The lowest BCUT2D eigenvalue weighted by Gasteiger charge is -2.16. The minimum Gasteiger partial charge on any atom is -0.493 e. The molecule has 0 aliphatic rings. The number of hydrogen-bond donors (Lipinski definition) is 1. The number of halogens is 1. The van der Waals surface area contributed by atoms with Crippen LogP contribution in [-0.4, -0.2) is 33.1 Å². The van der Waals surface area contributed by atoms with Crippen molar-refractivity contribution in [1.82, 2.24) is 5.32 Å². The maximum atomic E-state index is 11.2. The molecule has 1 unspecified atom stereocenters. The van der Waals surface area contributed by atoms with Gasteiger partial charge in [-0.05, 0) is 31.5 Å². The first-order valence-corrected chi connectivity index (χ1v) is 9.49. The van der Waals surface area contributed by atoms with Crippen molar-refractivity contribution >= 4 is 25.8 Å². The van der Waals surface area contributed by atoms with E-state index < -0.39 is 9.84 Å². The van der Waals surface area contributed by atoms with E-state index in [9.17, 15) is 8.42 Å². The molecule has 20 heavy (non-hydrogen) atoms. The van der Waals surface area contributed by atoms with Crippen LogP contribution >= 0.6 is 15.9 Å². The molecule has 6 heteroatoms. The van der Waals surface area contributed by atoms with Gasteiger partial charge in [0, 0.05) is 28.9 Å². The van der Waals surface area contributed by atoms with Crippen LogP contribution in [-0.2, 0) is 16.4 Å². The van der Waals surface area contributed by atoms with E-state index in [0.29, 0.717) is 13.2 Å². The molecule has 0 aromatic heterocycles. The van der Waals surface area contributed by atoms with Gasteiger partial charge in [0.1, 0.15) is 15.6 Å². The first-order valence-electron chi connectivity index (χ1n) is 6.64. The zero-order valence-electron chi connectivity index (χ0n) is 12.1. The smallest absolute Gasteiger partial charge is 0.148 e. The summed E-state index contributed by atoms with van der Waals surface area (Å²) in [5, 5.41) is 3.22. The van der Waals surface area contributed by atoms with Crippen LogP contribution < -0.4 is 10.1 Å². The van der Waals surface area contributed by atoms with Crippen LogP contribution in [0.15, 0.2) is 22.7 Å². The lowest BCUT2D eigenvalue weighted by Crippen LogP contribution is -2.32. The van der Waals surface area contributed by atoms with E-state index in [1.807, 2.05) is 25.1 Å². The fourth-order valence-corrected chi connectivity index (χ4v) is 3.27. The Balaban J connectivity index is 2.68. The first-order chi connectivity index (χ1) is 9.31. The van der Waals surface area contributed by atoms with E-state index >= 15 is 0 Å². The highest BCUT2D eigenvalue weighted by Gasteiger charge is 2.11. The zero-order valence-corrected chi connectivity index (χ0v) is 14.6. The third-order valence-electron chi connectivity index (χ3n) is 2.68. The van der Waals surface area contributed by atoms with Crippen LogP contribution in [0.25, 0.3) is 0 Å². The van der Waals surface area contributed by atoms with E-state index in [0.717, 1.165) is 22.2 Å². The van der Waals surface area contributed by atoms with Gasteiger partial charge in [0.05, 0.1) is 12.4 Å². The van der Waals surface area contributed by atoms with Crippen molar-refractivity contribution in [3.05, 3.63) is 28.2 Å². The van der Waals surface area contributed by atoms with Crippen LogP contribution in [0.1, 0.15) is 25.8 Å². The molecule has 0 fully saturated rings. The Kier molecular flexibility index (Phi) is 6.99. The van der Waals surface area contributed by atoms with Crippen molar-refractivity contribution in [2.24, 2.45) is 0 Å². The van der Waals surface area contributed by atoms with Crippen molar-refractivity contribution in [3.63, 3.8) is 0 Å². The molecule has 0 amide bonds. The van der Waals surface area contributed by atoms with Crippen molar-refractivity contribution in [1.29, 1.82) is 0 Å². The van der Waals surface area contributed by atoms with Crippen LogP contribution in [0.4, 0.5) is 0 Å². The summed E-state index contributed by atoms with van der Waals surface area (Å²) >= 11 is 3.44. The summed E-state index contributed by atoms with van der Waals surface area (Å²) in [5.74, 6) is 0.973. The maximum Gasteiger partial charge on any atom is 0.148 e. The Morgan fingerprint density at radius 3 is 2.70 bits per heavy atom. The van der Waals surface area contributed by atoms with E-state index in [1.165, 1.54) is 6.26 Å². The van der Waals surface area contributed by atoms with Gasteiger partial charge in [0.2, 0.25) is 0 Å². The van der Waals surface area contributed by atoms with Gasteiger partial charge in [-0.3, -0.25) is 0 Å². The van der Waals surface area contributed by atoms with Crippen molar-refractivity contribution in [3.8, 4) is 5.75 Å². The Hall–Kier alpha value is -0.590. The van der Waals surface area contributed by atoms with Crippen LogP contribution in [0.2, 0.25) is 0 Å². The van der Waals surface area contributed by atoms with Crippen LogP contribution in [0.5, 0.6) is 5.75 Å². The van der Waals surface area contributed by atoms with Gasteiger partial charge in [0.25, 0.3) is 0 Å². The average Bonchev–Trinajstić information content (AvgIpc) is 2.33. The highest BCUT2D eigenvalue weighted by Crippen LogP contribution is 2.23. The van der Waals surface area contributed by atoms with Gasteiger partial charge in [0.15, 0.2) is 0 Å². The summed E-state index contributed by atoms with van der Waals surface area (Å²) in [4.78, 5) is 0. The predicted molar refractivity (Wildman–Crippen MR) is 85.9 cm³/mol. The number of ether oxygens (including phenoxy) is 1. The van der Waals surface area contributed by atoms with Crippen LogP contribution in [0, 0.1) is 0 Å². The monoisotopic (exact) mass is 363 g/mol. The van der Waals surface area contributed by atoms with Gasteiger partial charge in [-0.1, -0.05) is 22.9 Å². The molecule has 1 aromatic rings. The standard InChI is InChI=1S/C14H22BrNO3S/c1-4-7-19-14-6-5-13(15)8-12(14)9-16-11(2)10-20(3,17)18/h5-6,8,11,16H,4,7,9-10H2,1-3H3. The van der Waals surface area contributed by atoms with E-state index in [2.05, 4.69) is 28.2 Å².